The van der Waals surface area contributed by atoms with E-state index >= 15 is 0 Å². The Bertz CT molecular complexity index is 1150. The fourth-order valence-corrected chi connectivity index (χ4v) is 3.55. The van der Waals surface area contributed by atoms with E-state index < -0.39 is 0 Å². The lowest BCUT2D eigenvalue weighted by Gasteiger charge is -2.09. The molecule has 4 aromatic rings. The summed E-state index contributed by atoms with van der Waals surface area (Å²) in [5, 5.41) is 7.38. The molecule has 32 heavy (non-hydrogen) atoms. The smallest absolute Gasteiger partial charge is 0.251 e. The van der Waals surface area contributed by atoms with Crippen molar-refractivity contribution >= 4 is 5.91 Å². The van der Waals surface area contributed by atoms with Gasteiger partial charge >= 0.3 is 0 Å². The average molecular weight is 427 g/mol. The van der Waals surface area contributed by atoms with Crippen molar-refractivity contribution in [3.8, 4) is 22.8 Å². The number of hydrogen-bond acceptors (Lipinski definition) is 4. The van der Waals surface area contributed by atoms with Gasteiger partial charge in [-0.15, -0.1) is 0 Å². The van der Waals surface area contributed by atoms with Crippen LogP contribution in [0.15, 0.2) is 85.2 Å². The lowest BCUT2D eigenvalue weighted by Crippen LogP contribution is -2.24. The van der Waals surface area contributed by atoms with E-state index in [9.17, 15) is 4.79 Å². The number of methoxy groups -OCH3 is 1. The summed E-state index contributed by atoms with van der Waals surface area (Å²) in [6.45, 7) is 0.649. The van der Waals surface area contributed by atoms with Gasteiger partial charge in [0, 0.05) is 17.7 Å². The van der Waals surface area contributed by atoms with Crippen molar-refractivity contribution in [2.24, 2.45) is 0 Å². The second-order valence-electron chi connectivity index (χ2n) is 7.47. The van der Waals surface area contributed by atoms with Gasteiger partial charge in [-0.1, -0.05) is 36.4 Å². The predicted octanol–water partition coefficient (Wildman–Crippen LogP) is 4.70. The number of benzene rings is 3. The molecule has 0 bridgehead atoms. The molecule has 0 aliphatic heterocycles. The average Bonchev–Trinajstić information content (AvgIpc) is 3.34. The van der Waals surface area contributed by atoms with Gasteiger partial charge in [0.05, 0.1) is 12.8 Å². The standard InChI is InChI=1S/C26H26N4O2/c1-32-24-15-13-21(14-16-24)25-28-19-29-30(25)23-12-7-11-22(18-23)26(31)27-17-6-5-10-20-8-3-2-4-9-20/h2-4,7-9,11-16,18-19H,5-6,10,17H2,1H3,(H,27,31). The van der Waals surface area contributed by atoms with Crippen LogP contribution in [0.25, 0.3) is 17.1 Å². The zero-order valence-corrected chi connectivity index (χ0v) is 18.1. The summed E-state index contributed by atoms with van der Waals surface area (Å²) in [6.07, 6.45) is 4.51. The molecule has 0 aliphatic rings. The normalized spacial score (nSPS) is 10.7. The topological polar surface area (TPSA) is 69.0 Å². The zero-order valence-electron chi connectivity index (χ0n) is 18.1. The van der Waals surface area contributed by atoms with Gasteiger partial charge in [-0.2, -0.15) is 5.10 Å². The number of ether oxygens (including phenoxy) is 1. The largest absolute Gasteiger partial charge is 0.497 e. The number of nitrogens with one attached hydrogen (secondary N) is 1. The van der Waals surface area contributed by atoms with Crippen LogP contribution in [0.4, 0.5) is 0 Å². The molecule has 0 aliphatic carbocycles. The summed E-state index contributed by atoms with van der Waals surface area (Å²) < 4.78 is 6.96. The van der Waals surface area contributed by atoms with Gasteiger partial charge in [-0.25, -0.2) is 9.67 Å². The minimum absolute atomic E-state index is 0.0855. The monoisotopic (exact) mass is 426 g/mol. The number of aryl methyl sites for hydroxylation is 1. The third-order valence-corrected chi connectivity index (χ3v) is 5.27. The van der Waals surface area contributed by atoms with E-state index in [0.717, 1.165) is 36.3 Å². The molecule has 0 fully saturated rings. The van der Waals surface area contributed by atoms with Gasteiger partial charge in [-0.3, -0.25) is 4.79 Å². The SMILES string of the molecule is COc1ccc(-c2ncnn2-c2cccc(C(=O)NCCCCc3ccccc3)c2)cc1. The van der Waals surface area contributed by atoms with E-state index in [1.165, 1.54) is 11.9 Å². The first kappa shape index (κ1) is 21.3. The maximum absolute atomic E-state index is 12.7. The number of unbranched alkanes of at least 4 members (excludes halogenated alkanes) is 1. The molecule has 0 radical (unpaired) electrons. The predicted molar refractivity (Wildman–Crippen MR) is 125 cm³/mol. The fourth-order valence-electron chi connectivity index (χ4n) is 3.55. The minimum atomic E-state index is -0.0855. The summed E-state index contributed by atoms with van der Waals surface area (Å²) in [7, 11) is 1.64. The Morgan fingerprint density at radius 1 is 0.969 bits per heavy atom. The Balaban J connectivity index is 1.38. The molecule has 4 rings (SSSR count). The molecule has 0 spiro atoms. The van der Waals surface area contributed by atoms with Crippen LogP contribution >= 0.6 is 0 Å². The quantitative estimate of drug-likeness (QED) is 0.394. The molecule has 1 N–H and O–H groups in total. The summed E-state index contributed by atoms with van der Waals surface area (Å²) in [6, 6.07) is 25.5. The second kappa shape index (κ2) is 10.4. The fraction of sp³-hybridized carbons (Fsp3) is 0.192. The first-order valence-corrected chi connectivity index (χ1v) is 10.7. The van der Waals surface area contributed by atoms with Crippen molar-refractivity contribution in [2.45, 2.75) is 19.3 Å². The molecular formula is C26H26N4O2. The molecule has 6 heteroatoms. The van der Waals surface area contributed by atoms with Gasteiger partial charge in [0.15, 0.2) is 5.82 Å². The van der Waals surface area contributed by atoms with Crippen LogP contribution < -0.4 is 10.1 Å². The van der Waals surface area contributed by atoms with Crippen LogP contribution in [0.3, 0.4) is 0 Å². The molecule has 1 aromatic heterocycles. The number of carbonyl (C=O) groups is 1. The lowest BCUT2D eigenvalue weighted by molar-refractivity contribution is 0.0953. The van der Waals surface area contributed by atoms with Crippen LogP contribution in [-0.4, -0.2) is 34.3 Å². The lowest BCUT2D eigenvalue weighted by atomic mass is 10.1. The molecule has 1 heterocycles. The number of hydrogen-bond donors (Lipinski definition) is 1. The Hall–Kier alpha value is -3.93. The van der Waals surface area contributed by atoms with Crippen LogP contribution in [0, 0.1) is 0 Å². The van der Waals surface area contributed by atoms with Crippen molar-refractivity contribution in [1.29, 1.82) is 0 Å². The highest BCUT2D eigenvalue weighted by atomic mass is 16.5. The summed E-state index contributed by atoms with van der Waals surface area (Å²) in [5.41, 5.74) is 3.62. The maximum Gasteiger partial charge on any atom is 0.251 e. The van der Waals surface area contributed by atoms with Crippen molar-refractivity contribution in [3.05, 3.63) is 96.3 Å². The van der Waals surface area contributed by atoms with Crippen LogP contribution in [0.2, 0.25) is 0 Å². The molecule has 162 valence electrons. The van der Waals surface area contributed by atoms with E-state index in [4.69, 9.17) is 4.74 Å². The van der Waals surface area contributed by atoms with Crippen molar-refractivity contribution in [2.75, 3.05) is 13.7 Å². The van der Waals surface area contributed by atoms with E-state index in [0.29, 0.717) is 17.9 Å². The van der Waals surface area contributed by atoms with E-state index in [1.807, 2.05) is 54.6 Å². The Morgan fingerprint density at radius 3 is 2.56 bits per heavy atom. The number of aromatic nitrogens is 3. The van der Waals surface area contributed by atoms with Gasteiger partial charge in [0.25, 0.3) is 5.91 Å². The summed E-state index contributed by atoms with van der Waals surface area (Å²) in [5.74, 6) is 1.39. The molecule has 0 saturated carbocycles. The van der Waals surface area contributed by atoms with Crippen LogP contribution in [0.5, 0.6) is 5.75 Å². The number of rotatable bonds is 9. The van der Waals surface area contributed by atoms with E-state index in [1.54, 1.807) is 11.8 Å². The molecular weight excluding hydrogens is 400 g/mol. The summed E-state index contributed by atoms with van der Waals surface area (Å²) in [4.78, 5) is 17.1. The second-order valence-corrected chi connectivity index (χ2v) is 7.47. The van der Waals surface area contributed by atoms with Gasteiger partial charge in [-0.05, 0) is 67.3 Å². The first-order chi connectivity index (χ1) is 15.7. The molecule has 0 saturated heterocycles. The first-order valence-electron chi connectivity index (χ1n) is 10.7. The zero-order chi connectivity index (χ0) is 22.2. The molecule has 3 aromatic carbocycles. The van der Waals surface area contributed by atoms with Gasteiger partial charge in [0.1, 0.15) is 12.1 Å². The minimum Gasteiger partial charge on any atom is -0.497 e. The van der Waals surface area contributed by atoms with Crippen molar-refractivity contribution in [1.82, 2.24) is 20.1 Å². The molecule has 0 unspecified atom stereocenters. The Labute approximate surface area is 187 Å². The molecule has 6 nitrogen and oxygen atoms in total. The number of nitrogens with zero attached hydrogens (tertiary/aromatic N) is 3. The van der Waals surface area contributed by atoms with Gasteiger partial charge < -0.3 is 10.1 Å². The number of carbonyl (C=O) groups excluding carboxylic acids is 1. The highest BCUT2D eigenvalue weighted by molar-refractivity contribution is 5.94. The summed E-state index contributed by atoms with van der Waals surface area (Å²) >= 11 is 0. The Morgan fingerprint density at radius 2 is 1.78 bits per heavy atom. The molecule has 1 amide bonds. The van der Waals surface area contributed by atoms with E-state index in [2.05, 4.69) is 39.7 Å². The van der Waals surface area contributed by atoms with Gasteiger partial charge in [0.2, 0.25) is 0 Å². The molecule has 0 atom stereocenters. The van der Waals surface area contributed by atoms with Crippen molar-refractivity contribution in [3.63, 3.8) is 0 Å². The number of amides is 1. The third kappa shape index (κ3) is 5.21. The Kier molecular flexibility index (Phi) is 6.92. The third-order valence-electron chi connectivity index (χ3n) is 5.27. The highest BCUT2D eigenvalue weighted by Gasteiger charge is 2.12. The highest BCUT2D eigenvalue weighted by Crippen LogP contribution is 2.23. The van der Waals surface area contributed by atoms with Crippen molar-refractivity contribution < 1.29 is 9.53 Å². The maximum atomic E-state index is 12.7. The van der Waals surface area contributed by atoms with Crippen LogP contribution in [0.1, 0.15) is 28.8 Å². The van der Waals surface area contributed by atoms with E-state index in [-0.39, 0.29) is 5.91 Å². The van der Waals surface area contributed by atoms with Crippen LogP contribution in [-0.2, 0) is 6.42 Å².